The van der Waals surface area contributed by atoms with Crippen molar-refractivity contribution in [2.75, 3.05) is 20.2 Å². The van der Waals surface area contributed by atoms with E-state index >= 15 is 0 Å². The molecule has 1 aliphatic rings. The SMILES string of the molecule is CC1OCCC1NC(=O)N(C)CC(=O)O. The van der Waals surface area contributed by atoms with Crippen LogP contribution < -0.4 is 5.32 Å². The number of aliphatic carboxylic acids is 1. The van der Waals surface area contributed by atoms with Gasteiger partial charge in [0.1, 0.15) is 6.54 Å². The molecule has 1 rings (SSSR count). The number of amides is 2. The van der Waals surface area contributed by atoms with Crippen LogP contribution >= 0.6 is 0 Å². The molecule has 0 aromatic rings. The van der Waals surface area contributed by atoms with E-state index in [1.54, 1.807) is 0 Å². The minimum atomic E-state index is -1.02. The van der Waals surface area contributed by atoms with E-state index in [1.165, 1.54) is 7.05 Å². The summed E-state index contributed by atoms with van der Waals surface area (Å²) in [5.74, 6) is -1.02. The fourth-order valence-electron chi connectivity index (χ4n) is 1.46. The van der Waals surface area contributed by atoms with Gasteiger partial charge in [-0.3, -0.25) is 4.79 Å². The largest absolute Gasteiger partial charge is 0.480 e. The zero-order valence-electron chi connectivity index (χ0n) is 8.90. The molecule has 2 N–H and O–H groups in total. The second kappa shape index (κ2) is 4.97. The number of ether oxygens (including phenoxy) is 1. The maximum absolute atomic E-state index is 11.5. The Kier molecular flexibility index (Phi) is 3.90. The number of carbonyl (C=O) groups excluding carboxylic acids is 1. The van der Waals surface area contributed by atoms with E-state index in [9.17, 15) is 9.59 Å². The molecule has 6 heteroatoms. The van der Waals surface area contributed by atoms with Gasteiger partial charge in [0.15, 0.2) is 0 Å². The van der Waals surface area contributed by atoms with E-state index in [1.807, 2.05) is 6.92 Å². The van der Waals surface area contributed by atoms with E-state index in [0.29, 0.717) is 6.61 Å². The van der Waals surface area contributed by atoms with Crippen molar-refractivity contribution < 1.29 is 19.4 Å². The quantitative estimate of drug-likeness (QED) is 0.690. The number of likely N-dealkylation sites (N-methyl/N-ethyl adjacent to an activating group) is 1. The lowest BCUT2D eigenvalue weighted by atomic mass is 10.2. The molecule has 1 aliphatic heterocycles. The Hall–Kier alpha value is -1.30. The Bertz CT molecular complexity index is 256. The highest BCUT2D eigenvalue weighted by molar-refractivity contribution is 5.80. The molecule has 86 valence electrons. The van der Waals surface area contributed by atoms with Gasteiger partial charge >= 0.3 is 12.0 Å². The summed E-state index contributed by atoms with van der Waals surface area (Å²) >= 11 is 0. The van der Waals surface area contributed by atoms with E-state index in [0.717, 1.165) is 11.3 Å². The molecule has 1 fully saturated rings. The summed E-state index contributed by atoms with van der Waals surface area (Å²) in [5.41, 5.74) is 0. The zero-order valence-corrected chi connectivity index (χ0v) is 8.90. The van der Waals surface area contributed by atoms with Gasteiger partial charge in [0.05, 0.1) is 12.1 Å². The van der Waals surface area contributed by atoms with Crippen molar-refractivity contribution in [3.8, 4) is 0 Å². The van der Waals surface area contributed by atoms with Crippen LogP contribution in [-0.2, 0) is 9.53 Å². The fraction of sp³-hybridized carbons (Fsp3) is 0.778. The minimum absolute atomic E-state index is 0.00724. The van der Waals surface area contributed by atoms with Gasteiger partial charge in [-0.2, -0.15) is 0 Å². The van der Waals surface area contributed by atoms with Crippen LogP contribution in [0.15, 0.2) is 0 Å². The molecule has 2 unspecified atom stereocenters. The highest BCUT2D eigenvalue weighted by atomic mass is 16.5. The zero-order chi connectivity index (χ0) is 11.4. The van der Waals surface area contributed by atoms with Crippen LogP contribution in [0.4, 0.5) is 4.79 Å². The van der Waals surface area contributed by atoms with Gasteiger partial charge in [-0.25, -0.2) is 4.79 Å². The third-order valence-corrected chi connectivity index (χ3v) is 2.40. The summed E-state index contributed by atoms with van der Waals surface area (Å²) in [7, 11) is 1.45. The van der Waals surface area contributed by atoms with Crippen LogP contribution in [-0.4, -0.2) is 54.4 Å². The first-order valence-corrected chi connectivity index (χ1v) is 4.85. The second-order valence-electron chi connectivity index (χ2n) is 3.67. The lowest BCUT2D eigenvalue weighted by Crippen LogP contribution is -2.47. The molecule has 0 spiro atoms. The summed E-state index contributed by atoms with van der Waals surface area (Å²) in [6.45, 7) is 2.22. The highest BCUT2D eigenvalue weighted by Crippen LogP contribution is 2.12. The van der Waals surface area contributed by atoms with Crippen molar-refractivity contribution in [2.24, 2.45) is 0 Å². The highest BCUT2D eigenvalue weighted by Gasteiger charge is 2.26. The summed E-state index contributed by atoms with van der Waals surface area (Å²) in [6.07, 6.45) is 0.764. The minimum Gasteiger partial charge on any atom is -0.480 e. The number of carbonyl (C=O) groups is 2. The number of carboxylic acids is 1. The third kappa shape index (κ3) is 3.39. The Morgan fingerprint density at radius 1 is 1.60 bits per heavy atom. The topological polar surface area (TPSA) is 78.9 Å². The van der Waals surface area contributed by atoms with Gasteiger partial charge in [-0.05, 0) is 13.3 Å². The first kappa shape index (κ1) is 11.8. The molecule has 0 aromatic carbocycles. The van der Waals surface area contributed by atoms with Crippen molar-refractivity contribution in [1.82, 2.24) is 10.2 Å². The smallest absolute Gasteiger partial charge is 0.323 e. The van der Waals surface area contributed by atoms with Crippen LogP contribution in [0.2, 0.25) is 0 Å². The van der Waals surface area contributed by atoms with Gasteiger partial charge in [-0.1, -0.05) is 0 Å². The van der Waals surface area contributed by atoms with Crippen molar-refractivity contribution in [2.45, 2.75) is 25.5 Å². The van der Waals surface area contributed by atoms with Crippen LogP contribution in [0.25, 0.3) is 0 Å². The van der Waals surface area contributed by atoms with Crippen LogP contribution in [0, 0.1) is 0 Å². The van der Waals surface area contributed by atoms with Gasteiger partial charge in [0, 0.05) is 13.7 Å². The van der Waals surface area contributed by atoms with E-state index < -0.39 is 5.97 Å². The number of hydrogen-bond donors (Lipinski definition) is 2. The number of carboxylic acid groups (broad SMARTS) is 1. The monoisotopic (exact) mass is 216 g/mol. The van der Waals surface area contributed by atoms with Crippen molar-refractivity contribution in [3.63, 3.8) is 0 Å². The summed E-state index contributed by atoms with van der Waals surface area (Å²) in [4.78, 5) is 23.0. The predicted octanol–water partition coefficient (Wildman–Crippen LogP) is -0.110. The standard InChI is InChI=1S/C9H16N2O4/c1-6-7(3-4-15-6)10-9(14)11(2)5-8(12)13/h6-7H,3-5H2,1-2H3,(H,10,14)(H,12,13). The molecule has 15 heavy (non-hydrogen) atoms. The van der Waals surface area contributed by atoms with Crippen molar-refractivity contribution in [1.29, 1.82) is 0 Å². The Morgan fingerprint density at radius 3 is 2.73 bits per heavy atom. The molecule has 0 radical (unpaired) electrons. The van der Waals surface area contributed by atoms with Gasteiger partial charge in [0.2, 0.25) is 0 Å². The number of nitrogens with zero attached hydrogens (tertiary/aromatic N) is 1. The Balaban J connectivity index is 2.37. The van der Waals surface area contributed by atoms with E-state index in [4.69, 9.17) is 9.84 Å². The Morgan fingerprint density at radius 2 is 2.27 bits per heavy atom. The molecule has 0 aromatic heterocycles. The summed E-state index contributed by atoms with van der Waals surface area (Å²) in [6, 6.07) is -0.395. The second-order valence-corrected chi connectivity index (χ2v) is 3.67. The number of rotatable bonds is 3. The van der Waals surface area contributed by atoms with Gasteiger partial charge < -0.3 is 20.1 Å². The first-order chi connectivity index (χ1) is 7.00. The average molecular weight is 216 g/mol. The lowest BCUT2D eigenvalue weighted by Gasteiger charge is -2.21. The fourth-order valence-corrected chi connectivity index (χ4v) is 1.46. The van der Waals surface area contributed by atoms with Gasteiger partial charge in [0.25, 0.3) is 0 Å². The number of urea groups is 1. The van der Waals surface area contributed by atoms with Crippen molar-refractivity contribution in [3.05, 3.63) is 0 Å². The third-order valence-electron chi connectivity index (χ3n) is 2.40. The van der Waals surface area contributed by atoms with E-state index in [2.05, 4.69) is 5.32 Å². The van der Waals surface area contributed by atoms with E-state index in [-0.39, 0.29) is 24.7 Å². The summed E-state index contributed by atoms with van der Waals surface area (Å²) in [5, 5.41) is 11.2. The first-order valence-electron chi connectivity index (χ1n) is 4.85. The van der Waals surface area contributed by atoms with Crippen LogP contribution in [0.1, 0.15) is 13.3 Å². The maximum Gasteiger partial charge on any atom is 0.323 e. The average Bonchev–Trinajstić information content (AvgIpc) is 2.50. The molecule has 2 amide bonds. The number of nitrogens with one attached hydrogen (secondary N) is 1. The molecular weight excluding hydrogens is 200 g/mol. The predicted molar refractivity (Wildman–Crippen MR) is 52.6 cm³/mol. The Labute approximate surface area is 88.2 Å². The molecule has 1 saturated heterocycles. The molecule has 2 atom stereocenters. The maximum atomic E-state index is 11.5. The molecule has 0 aliphatic carbocycles. The van der Waals surface area contributed by atoms with Crippen molar-refractivity contribution >= 4 is 12.0 Å². The molecule has 0 bridgehead atoms. The van der Waals surface area contributed by atoms with Crippen LogP contribution in [0.3, 0.4) is 0 Å². The molecule has 1 heterocycles. The van der Waals surface area contributed by atoms with Gasteiger partial charge in [-0.15, -0.1) is 0 Å². The molecule has 6 nitrogen and oxygen atoms in total. The summed E-state index contributed by atoms with van der Waals surface area (Å²) < 4.78 is 5.28. The normalized spacial score (nSPS) is 24.9. The molecular formula is C9H16N2O4. The molecule has 0 saturated carbocycles. The van der Waals surface area contributed by atoms with Crippen LogP contribution in [0.5, 0.6) is 0 Å². The lowest BCUT2D eigenvalue weighted by molar-refractivity contribution is -0.137. The number of hydrogen-bond acceptors (Lipinski definition) is 3.